The summed E-state index contributed by atoms with van der Waals surface area (Å²) in [6.45, 7) is 2.87. The maximum atomic E-state index is 12.9. The van der Waals surface area contributed by atoms with Crippen LogP contribution in [0, 0.1) is 0 Å². The molecule has 1 aromatic heterocycles. The molecule has 0 saturated carbocycles. The smallest absolute Gasteiger partial charge is 0.261 e. The molecule has 1 amide bonds. The first kappa shape index (κ1) is 20.8. The van der Waals surface area contributed by atoms with E-state index in [0.29, 0.717) is 13.1 Å². The molecule has 29 heavy (non-hydrogen) atoms. The highest BCUT2D eigenvalue weighted by atomic mass is 32.1. The van der Waals surface area contributed by atoms with E-state index in [-0.39, 0.29) is 17.6 Å². The molecule has 2 aliphatic heterocycles. The normalized spacial score (nSPS) is 28.1. The third-order valence-corrected chi connectivity index (χ3v) is 7.50. The lowest BCUT2D eigenvalue weighted by molar-refractivity contribution is -0.00907. The highest BCUT2D eigenvalue weighted by molar-refractivity contribution is 7.14. The summed E-state index contributed by atoms with van der Waals surface area (Å²) >= 11 is 1.67. The lowest BCUT2D eigenvalue weighted by Gasteiger charge is -2.41. The molecular weight excluding hydrogens is 386 g/mol. The van der Waals surface area contributed by atoms with Crippen LogP contribution in [0.3, 0.4) is 0 Å². The fourth-order valence-corrected chi connectivity index (χ4v) is 5.85. The van der Waals surface area contributed by atoms with Crippen molar-refractivity contribution in [3.8, 4) is 0 Å². The zero-order valence-electron chi connectivity index (χ0n) is 17.1. The van der Waals surface area contributed by atoms with E-state index in [1.807, 2.05) is 6.08 Å². The van der Waals surface area contributed by atoms with Gasteiger partial charge in [-0.05, 0) is 69.2 Å². The number of aliphatic hydroxyl groups excluding tert-OH is 1. The molecule has 0 radical (unpaired) electrons. The van der Waals surface area contributed by atoms with Gasteiger partial charge in [0, 0.05) is 24.5 Å². The summed E-state index contributed by atoms with van der Waals surface area (Å²) in [4.78, 5) is 22.8. The second kappa shape index (κ2) is 9.60. The second-order valence-corrected chi connectivity index (χ2v) is 9.90. The molecule has 1 aromatic rings. The minimum absolute atomic E-state index is 0.0103. The molecule has 2 atom stereocenters. The molecule has 3 aliphatic rings. The van der Waals surface area contributed by atoms with Gasteiger partial charge in [-0.1, -0.05) is 12.8 Å². The molecule has 0 bridgehead atoms. The number of hydroxylamine groups is 1. The molecule has 4 rings (SSSR count). The lowest BCUT2D eigenvalue weighted by Crippen LogP contribution is -2.61. The van der Waals surface area contributed by atoms with Crippen LogP contribution in [0.15, 0.2) is 18.4 Å². The zero-order valence-corrected chi connectivity index (χ0v) is 17.9. The quantitative estimate of drug-likeness (QED) is 0.684. The Morgan fingerprint density at radius 3 is 2.97 bits per heavy atom. The Morgan fingerprint density at radius 2 is 2.17 bits per heavy atom. The van der Waals surface area contributed by atoms with Gasteiger partial charge in [0.1, 0.15) is 6.26 Å². The number of nitrogens with zero attached hydrogens (tertiary/aromatic N) is 1. The van der Waals surface area contributed by atoms with Crippen LogP contribution in [0.2, 0.25) is 0 Å². The van der Waals surface area contributed by atoms with Crippen molar-refractivity contribution in [2.45, 2.75) is 69.4 Å². The Labute approximate surface area is 177 Å². The maximum absolute atomic E-state index is 12.9. The Balaban J connectivity index is 1.40. The van der Waals surface area contributed by atoms with E-state index in [4.69, 9.17) is 4.84 Å². The Hall–Kier alpha value is -1.41. The Bertz CT molecular complexity index is 709. The SMILES string of the molecule is O=C(NCC1(CN2CCCC(O)C2)CC=CON1)c1cc2c(s1)CCCCCC2. The van der Waals surface area contributed by atoms with E-state index in [2.05, 4.69) is 21.8 Å². The molecule has 7 heteroatoms. The number of hydrogen-bond donors (Lipinski definition) is 3. The van der Waals surface area contributed by atoms with Crippen molar-refractivity contribution in [3.63, 3.8) is 0 Å². The van der Waals surface area contributed by atoms with Gasteiger partial charge < -0.3 is 15.3 Å². The topological polar surface area (TPSA) is 73.8 Å². The largest absolute Gasteiger partial charge is 0.416 e. The average Bonchev–Trinajstić information content (AvgIpc) is 3.09. The van der Waals surface area contributed by atoms with E-state index in [1.165, 1.54) is 36.1 Å². The number of rotatable bonds is 5. The van der Waals surface area contributed by atoms with Gasteiger partial charge in [-0.2, -0.15) is 0 Å². The van der Waals surface area contributed by atoms with Crippen LogP contribution in [0.4, 0.5) is 0 Å². The third kappa shape index (κ3) is 5.40. The molecule has 3 N–H and O–H groups in total. The molecule has 1 aliphatic carbocycles. The predicted molar refractivity (Wildman–Crippen MR) is 115 cm³/mol. The van der Waals surface area contributed by atoms with Crippen LogP contribution in [-0.2, 0) is 17.7 Å². The van der Waals surface area contributed by atoms with Crippen molar-refractivity contribution < 1.29 is 14.7 Å². The first-order valence-corrected chi connectivity index (χ1v) is 11.8. The number of nitrogens with one attached hydrogen (secondary N) is 2. The molecule has 1 fully saturated rings. The summed E-state index contributed by atoms with van der Waals surface area (Å²) in [5.41, 5.74) is 4.14. The fourth-order valence-electron chi connectivity index (χ4n) is 4.68. The Kier molecular flexibility index (Phi) is 6.90. The second-order valence-electron chi connectivity index (χ2n) is 8.76. The highest BCUT2D eigenvalue weighted by Crippen LogP contribution is 2.28. The monoisotopic (exact) mass is 419 g/mol. The minimum atomic E-state index is -0.382. The predicted octanol–water partition coefficient (Wildman–Crippen LogP) is 2.77. The Morgan fingerprint density at radius 1 is 1.31 bits per heavy atom. The van der Waals surface area contributed by atoms with E-state index in [9.17, 15) is 9.90 Å². The number of fused-ring (bicyclic) bond motifs is 1. The summed E-state index contributed by atoms with van der Waals surface area (Å²) in [6, 6.07) is 2.11. The van der Waals surface area contributed by atoms with Crippen LogP contribution in [0.25, 0.3) is 0 Å². The molecular formula is C22H33N3O3S. The van der Waals surface area contributed by atoms with Crippen LogP contribution < -0.4 is 10.8 Å². The van der Waals surface area contributed by atoms with Crippen molar-refractivity contribution >= 4 is 17.2 Å². The number of carbonyl (C=O) groups excluding carboxylic acids is 1. The summed E-state index contributed by atoms with van der Waals surface area (Å²) in [6.07, 6.45) is 13.3. The summed E-state index contributed by atoms with van der Waals surface area (Å²) in [5.74, 6) is 0.0103. The van der Waals surface area contributed by atoms with Crippen LogP contribution in [0.5, 0.6) is 0 Å². The van der Waals surface area contributed by atoms with Gasteiger partial charge >= 0.3 is 0 Å². The van der Waals surface area contributed by atoms with Crippen molar-refractivity contribution in [2.24, 2.45) is 0 Å². The fraction of sp³-hybridized carbons (Fsp3) is 0.682. The van der Waals surface area contributed by atoms with Crippen molar-refractivity contribution in [1.29, 1.82) is 0 Å². The van der Waals surface area contributed by atoms with Crippen LogP contribution >= 0.6 is 11.3 Å². The standard InChI is InChI=1S/C22H33N3O3S/c26-18-8-5-11-25(14-18)16-22(10-6-12-28-24-22)15-23-21(27)20-13-17-7-3-1-2-4-9-19(17)29-20/h6,12-13,18,24,26H,1-5,7-11,14-16H2,(H,23,27). The summed E-state index contributed by atoms with van der Waals surface area (Å²) in [5, 5.41) is 13.2. The van der Waals surface area contributed by atoms with E-state index >= 15 is 0 Å². The zero-order chi connectivity index (χ0) is 20.1. The van der Waals surface area contributed by atoms with E-state index in [1.54, 1.807) is 17.6 Å². The van der Waals surface area contributed by atoms with Gasteiger partial charge in [0.05, 0.1) is 16.5 Å². The van der Waals surface area contributed by atoms with Crippen LogP contribution in [-0.4, -0.2) is 53.7 Å². The number of carbonyl (C=O) groups is 1. The van der Waals surface area contributed by atoms with Gasteiger partial charge in [-0.15, -0.1) is 16.8 Å². The first-order chi connectivity index (χ1) is 14.1. The van der Waals surface area contributed by atoms with Gasteiger partial charge in [-0.3, -0.25) is 9.69 Å². The first-order valence-electron chi connectivity index (χ1n) is 11.0. The van der Waals surface area contributed by atoms with Crippen molar-refractivity contribution in [1.82, 2.24) is 15.7 Å². The van der Waals surface area contributed by atoms with E-state index in [0.717, 1.165) is 50.1 Å². The lowest BCUT2D eigenvalue weighted by atomic mass is 9.93. The molecule has 2 unspecified atom stereocenters. The van der Waals surface area contributed by atoms with Gasteiger partial charge in [-0.25, -0.2) is 0 Å². The molecule has 1 saturated heterocycles. The molecule has 6 nitrogen and oxygen atoms in total. The van der Waals surface area contributed by atoms with Crippen LogP contribution in [0.1, 0.15) is 65.1 Å². The number of likely N-dealkylation sites (tertiary alicyclic amines) is 1. The van der Waals surface area contributed by atoms with E-state index < -0.39 is 0 Å². The number of aryl methyl sites for hydroxylation is 2. The van der Waals surface area contributed by atoms with Crippen molar-refractivity contribution in [3.05, 3.63) is 33.7 Å². The number of thiophene rings is 1. The summed E-state index contributed by atoms with van der Waals surface area (Å²) in [7, 11) is 0. The molecule has 160 valence electrons. The summed E-state index contributed by atoms with van der Waals surface area (Å²) < 4.78 is 0. The number of piperidine rings is 1. The number of aliphatic hydroxyl groups is 1. The van der Waals surface area contributed by atoms with Gasteiger partial charge in [0.15, 0.2) is 0 Å². The maximum Gasteiger partial charge on any atom is 0.261 e. The third-order valence-electron chi connectivity index (χ3n) is 6.26. The van der Waals surface area contributed by atoms with Crippen molar-refractivity contribution in [2.75, 3.05) is 26.2 Å². The highest BCUT2D eigenvalue weighted by Gasteiger charge is 2.36. The number of hydrogen-bond acceptors (Lipinski definition) is 6. The number of β-amino-alcohol motifs (C(OH)–C–C–N with tert-alkyl or cyclic N) is 1. The van der Waals surface area contributed by atoms with Gasteiger partial charge in [0.2, 0.25) is 0 Å². The average molecular weight is 420 g/mol. The molecule has 0 aromatic carbocycles. The number of amides is 1. The molecule has 0 spiro atoms. The van der Waals surface area contributed by atoms with Gasteiger partial charge in [0.25, 0.3) is 5.91 Å². The molecule has 3 heterocycles. The minimum Gasteiger partial charge on any atom is -0.416 e.